The summed E-state index contributed by atoms with van der Waals surface area (Å²) in [5, 5.41) is 0. The van der Waals surface area contributed by atoms with Crippen LogP contribution in [0.25, 0.3) is 0 Å². The van der Waals surface area contributed by atoms with Gasteiger partial charge in [-0.3, -0.25) is 0 Å². The lowest BCUT2D eigenvalue weighted by Crippen LogP contribution is -2.40. The van der Waals surface area contributed by atoms with Crippen LogP contribution in [0, 0.1) is 0 Å². The predicted octanol–water partition coefficient (Wildman–Crippen LogP) is 1.84. The van der Waals surface area contributed by atoms with Crippen molar-refractivity contribution in [3.05, 3.63) is 23.8 Å². The van der Waals surface area contributed by atoms with Crippen molar-refractivity contribution in [2.75, 3.05) is 32.9 Å². The highest BCUT2D eigenvalue weighted by Crippen LogP contribution is 2.26. The summed E-state index contributed by atoms with van der Waals surface area (Å²) < 4.78 is 37.1. The Bertz CT molecular complexity index is 555. The molecule has 1 aliphatic rings. The molecule has 20 heavy (non-hydrogen) atoms. The lowest BCUT2D eigenvalue weighted by atomic mass is 10.2. The molecule has 0 radical (unpaired) electrons. The lowest BCUT2D eigenvalue weighted by molar-refractivity contribution is 0.0730. The number of benzene rings is 1. The minimum absolute atomic E-state index is 0.210. The largest absolute Gasteiger partial charge is 0.494 e. The van der Waals surface area contributed by atoms with Gasteiger partial charge in [0.15, 0.2) is 0 Å². The van der Waals surface area contributed by atoms with Crippen LogP contribution in [0.15, 0.2) is 23.1 Å². The van der Waals surface area contributed by atoms with E-state index >= 15 is 0 Å². The molecule has 1 heterocycles. The maximum absolute atomic E-state index is 12.5. The van der Waals surface area contributed by atoms with Crippen LogP contribution in [0.4, 0.5) is 0 Å². The smallest absolute Gasteiger partial charge is 0.243 e. The van der Waals surface area contributed by atoms with Crippen molar-refractivity contribution in [3.8, 4) is 5.75 Å². The molecule has 0 saturated carbocycles. The zero-order valence-electron chi connectivity index (χ0n) is 11.3. The van der Waals surface area contributed by atoms with Crippen LogP contribution in [0.1, 0.15) is 12.5 Å². The summed E-state index contributed by atoms with van der Waals surface area (Å²) in [5.74, 6) is 0.838. The molecule has 0 unspecified atom stereocenters. The number of sulfonamides is 1. The third-order valence-corrected chi connectivity index (χ3v) is 5.27. The number of nitrogens with zero attached hydrogens (tertiary/aromatic N) is 1. The minimum Gasteiger partial charge on any atom is -0.494 e. The highest BCUT2D eigenvalue weighted by molar-refractivity contribution is 7.89. The van der Waals surface area contributed by atoms with Crippen LogP contribution in [0.3, 0.4) is 0 Å². The van der Waals surface area contributed by atoms with Crippen molar-refractivity contribution in [1.29, 1.82) is 0 Å². The Morgan fingerprint density at radius 2 is 2.05 bits per heavy atom. The summed E-state index contributed by atoms with van der Waals surface area (Å²) in [6.07, 6.45) is 0. The van der Waals surface area contributed by atoms with Gasteiger partial charge >= 0.3 is 0 Å². The molecule has 1 aliphatic heterocycles. The maximum atomic E-state index is 12.5. The molecule has 112 valence electrons. The van der Waals surface area contributed by atoms with Gasteiger partial charge in [-0.25, -0.2) is 8.42 Å². The Hall–Kier alpha value is -0.820. The van der Waals surface area contributed by atoms with Gasteiger partial charge < -0.3 is 9.47 Å². The van der Waals surface area contributed by atoms with E-state index in [0.29, 0.717) is 44.2 Å². The Kier molecular flexibility index (Phi) is 5.26. The molecule has 0 spiro atoms. The van der Waals surface area contributed by atoms with Gasteiger partial charge in [-0.15, -0.1) is 11.6 Å². The topological polar surface area (TPSA) is 55.8 Å². The van der Waals surface area contributed by atoms with Gasteiger partial charge in [0.1, 0.15) is 5.75 Å². The van der Waals surface area contributed by atoms with E-state index in [4.69, 9.17) is 21.1 Å². The second-order valence-electron chi connectivity index (χ2n) is 4.35. The molecule has 0 atom stereocenters. The number of halogens is 1. The number of hydrogen-bond donors (Lipinski definition) is 0. The van der Waals surface area contributed by atoms with E-state index in [9.17, 15) is 8.42 Å². The molecular weight excluding hydrogens is 302 g/mol. The first kappa shape index (κ1) is 15.6. The average molecular weight is 320 g/mol. The van der Waals surface area contributed by atoms with Gasteiger partial charge in [0, 0.05) is 18.7 Å². The number of rotatable bonds is 5. The summed E-state index contributed by atoms with van der Waals surface area (Å²) in [6.45, 7) is 4.00. The van der Waals surface area contributed by atoms with Gasteiger partial charge in [-0.2, -0.15) is 4.31 Å². The number of alkyl halides is 1. The molecule has 7 heteroatoms. The van der Waals surface area contributed by atoms with Crippen LogP contribution < -0.4 is 4.74 Å². The zero-order chi connectivity index (χ0) is 14.6. The van der Waals surface area contributed by atoms with Crippen LogP contribution in [0.5, 0.6) is 5.75 Å². The molecule has 5 nitrogen and oxygen atoms in total. The molecular formula is C13H18ClNO4S. The van der Waals surface area contributed by atoms with Gasteiger partial charge in [0.25, 0.3) is 0 Å². The van der Waals surface area contributed by atoms with Gasteiger partial charge in [-0.05, 0) is 25.1 Å². The molecule has 2 rings (SSSR count). The molecule has 0 amide bonds. The van der Waals surface area contributed by atoms with E-state index in [-0.39, 0.29) is 10.8 Å². The maximum Gasteiger partial charge on any atom is 0.243 e. The molecule has 0 aliphatic carbocycles. The third-order valence-electron chi connectivity index (χ3n) is 3.08. The fraction of sp³-hybridized carbons (Fsp3) is 0.538. The standard InChI is InChI=1S/C13H18ClNO4S/c1-2-19-13-4-3-12(9-11(13)10-14)20(16,17)15-5-7-18-8-6-15/h3-4,9H,2,5-8,10H2,1H3. The highest BCUT2D eigenvalue weighted by atomic mass is 35.5. The Labute approximate surface area is 124 Å². The molecule has 0 bridgehead atoms. The fourth-order valence-corrected chi connectivity index (χ4v) is 3.72. The molecule has 0 aromatic heterocycles. The normalized spacial score (nSPS) is 17.1. The van der Waals surface area contributed by atoms with Crippen LogP contribution in [0.2, 0.25) is 0 Å². The second-order valence-corrected chi connectivity index (χ2v) is 6.56. The van der Waals surface area contributed by atoms with E-state index in [1.807, 2.05) is 6.92 Å². The first-order valence-corrected chi connectivity index (χ1v) is 8.46. The summed E-state index contributed by atoms with van der Waals surface area (Å²) in [6, 6.07) is 4.81. The summed E-state index contributed by atoms with van der Waals surface area (Å²) >= 11 is 5.87. The number of morpholine rings is 1. The summed E-state index contributed by atoms with van der Waals surface area (Å²) in [4.78, 5) is 0.249. The minimum atomic E-state index is -3.49. The zero-order valence-corrected chi connectivity index (χ0v) is 12.9. The van der Waals surface area contributed by atoms with Crippen LogP contribution in [-0.2, 0) is 20.6 Å². The van der Waals surface area contributed by atoms with Crippen molar-refractivity contribution < 1.29 is 17.9 Å². The second kappa shape index (κ2) is 6.76. The van der Waals surface area contributed by atoms with Crippen LogP contribution >= 0.6 is 11.6 Å². The first-order valence-electron chi connectivity index (χ1n) is 6.49. The Morgan fingerprint density at radius 3 is 2.65 bits per heavy atom. The fourth-order valence-electron chi connectivity index (χ4n) is 2.05. The van der Waals surface area contributed by atoms with E-state index in [1.54, 1.807) is 18.2 Å². The van der Waals surface area contributed by atoms with Crippen molar-refractivity contribution in [2.24, 2.45) is 0 Å². The predicted molar refractivity (Wildman–Crippen MR) is 76.7 cm³/mol. The monoisotopic (exact) mass is 319 g/mol. The number of hydrogen-bond acceptors (Lipinski definition) is 4. The number of ether oxygens (including phenoxy) is 2. The lowest BCUT2D eigenvalue weighted by Gasteiger charge is -2.26. The van der Waals surface area contributed by atoms with Crippen molar-refractivity contribution >= 4 is 21.6 Å². The van der Waals surface area contributed by atoms with E-state index in [1.165, 1.54) is 4.31 Å². The molecule has 1 aromatic rings. The van der Waals surface area contributed by atoms with Gasteiger partial charge in [-0.1, -0.05) is 0 Å². The molecule has 1 saturated heterocycles. The van der Waals surface area contributed by atoms with E-state index in [2.05, 4.69) is 0 Å². The Morgan fingerprint density at radius 1 is 1.35 bits per heavy atom. The summed E-state index contributed by atoms with van der Waals surface area (Å²) in [7, 11) is -3.49. The van der Waals surface area contributed by atoms with Crippen molar-refractivity contribution in [1.82, 2.24) is 4.31 Å². The quantitative estimate of drug-likeness (QED) is 0.777. The van der Waals surface area contributed by atoms with E-state index in [0.717, 1.165) is 0 Å². The molecule has 0 N–H and O–H groups in total. The van der Waals surface area contributed by atoms with Crippen LogP contribution in [-0.4, -0.2) is 45.6 Å². The van der Waals surface area contributed by atoms with Gasteiger partial charge in [0.2, 0.25) is 10.0 Å². The molecule has 1 fully saturated rings. The SMILES string of the molecule is CCOc1ccc(S(=O)(=O)N2CCOCC2)cc1CCl. The molecule has 1 aromatic carbocycles. The third kappa shape index (κ3) is 3.25. The van der Waals surface area contributed by atoms with Gasteiger partial charge in [0.05, 0.1) is 30.6 Å². The van der Waals surface area contributed by atoms with Crippen molar-refractivity contribution in [2.45, 2.75) is 17.7 Å². The van der Waals surface area contributed by atoms with Crippen molar-refractivity contribution in [3.63, 3.8) is 0 Å². The highest BCUT2D eigenvalue weighted by Gasteiger charge is 2.26. The first-order chi connectivity index (χ1) is 9.59. The average Bonchev–Trinajstić information content (AvgIpc) is 2.48. The van der Waals surface area contributed by atoms with E-state index < -0.39 is 10.0 Å². The summed E-state index contributed by atoms with van der Waals surface area (Å²) in [5.41, 5.74) is 0.683. The Balaban J connectivity index is 2.31.